The van der Waals surface area contributed by atoms with Gasteiger partial charge in [-0.1, -0.05) is 80.4 Å². The highest BCUT2D eigenvalue weighted by molar-refractivity contribution is 9.10. The Hall–Kier alpha value is -3.48. The van der Waals surface area contributed by atoms with Crippen molar-refractivity contribution in [1.82, 2.24) is 18.6 Å². The van der Waals surface area contributed by atoms with E-state index < -0.39 is 20.0 Å². The highest BCUT2D eigenvalue weighted by Gasteiger charge is 2.31. The van der Waals surface area contributed by atoms with Crippen molar-refractivity contribution >= 4 is 84.8 Å². The molecule has 0 spiro atoms. The van der Waals surface area contributed by atoms with E-state index in [9.17, 15) is 16.8 Å². The third-order valence-electron chi connectivity index (χ3n) is 11.1. The van der Waals surface area contributed by atoms with Crippen LogP contribution in [0.4, 0.5) is 10.3 Å². The van der Waals surface area contributed by atoms with Crippen LogP contribution in [0, 0.1) is 27.7 Å². The summed E-state index contributed by atoms with van der Waals surface area (Å²) in [6, 6.07) is 26.5. The van der Waals surface area contributed by atoms with E-state index in [2.05, 4.69) is 117 Å². The van der Waals surface area contributed by atoms with E-state index in [-0.39, 0.29) is 0 Å². The smallest absolute Gasteiger partial charge is 0.243 e. The monoisotopic (exact) mass is 1010 g/mol. The molecule has 4 aromatic carbocycles. The summed E-state index contributed by atoms with van der Waals surface area (Å²) in [5.41, 5.74) is 9.96. The zero-order valence-electron chi connectivity index (χ0n) is 34.0. The second kappa shape index (κ2) is 19.3. The van der Waals surface area contributed by atoms with Crippen LogP contribution < -0.4 is 9.80 Å². The maximum atomic E-state index is 12.9. The number of anilines is 2. The summed E-state index contributed by atoms with van der Waals surface area (Å²) in [4.78, 5) is 14.7. The molecule has 2 aliphatic rings. The van der Waals surface area contributed by atoms with Gasteiger partial charge < -0.3 is 9.80 Å². The predicted molar refractivity (Wildman–Crippen MR) is 252 cm³/mol. The van der Waals surface area contributed by atoms with E-state index in [4.69, 9.17) is 9.97 Å². The summed E-state index contributed by atoms with van der Waals surface area (Å²) in [6.45, 7) is 13.0. The van der Waals surface area contributed by atoms with Crippen molar-refractivity contribution in [2.24, 2.45) is 0 Å². The molecule has 0 unspecified atom stereocenters. The molecule has 10 nitrogen and oxygen atoms in total. The number of aryl methyl sites for hydroxylation is 3. The molecule has 0 amide bonds. The van der Waals surface area contributed by atoms with Gasteiger partial charge in [0.1, 0.15) is 0 Å². The fourth-order valence-electron chi connectivity index (χ4n) is 7.35. The number of thiazole rings is 2. The fraction of sp³-hybridized carbons (Fsp3) is 0.318. The summed E-state index contributed by atoms with van der Waals surface area (Å²) >= 11 is 9.98. The lowest BCUT2D eigenvalue weighted by Crippen LogP contribution is -2.48. The fourth-order valence-corrected chi connectivity index (χ4v) is 13.1. The molecule has 2 fully saturated rings. The maximum absolute atomic E-state index is 12.9. The topological polar surface area (TPSA) is 107 Å². The van der Waals surface area contributed by atoms with Crippen LogP contribution in [-0.2, 0) is 32.9 Å². The van der Waals surface area contributed by atoms with Gasteiger partial charge in [0, 0.05) is 84.9 Å². The molecule has 6 aromatic rings. The standard InChI is InChI=1S/2C22H24BrN3O2S2/c1-16-5-3-6-18(17(16)2)13-20-15-29-22(24-20)25-9-11-26(12-10-25)30(27,28)21-8-4-7-19(23)14-21;1-16-5-3-6-17(2)21(16)14-19-15-29-22(24-19)25-9-11-26(12-10-25)30(27,28)20-8-4-7-18(23)13-20/h3-8,14-15H,9-13H2,1-2H3;3-8,13,15H,9-12,14H2,1-2H3. The molecule has 0 bridgehead atoms. The Morgan fingerprint density at radius 2 is 0.967 bits per heavy atom. The molecule has 2 aliphatic heterocycles. The number of nitrogens with zero attached hydrogens (tertiary/aromatic N) is 6. The van der Waals surface area contributed by atoms with E-state index in [0.717, 1.165) is 43.4 Å². The largest absolute Gasteiger partial charge is 0.345 e. The third kappa shape index (κ3) is 10.4. The van der Waals surface area contributed by atoms with Gasteiger partial charge in [0.05, 0.1) is 21.2 Å². The molecule has 2 saturated heterocycles. The maximum Gasteiger partial charge on any atom is 0.243 e. The summed E-state index contributed by atoms with van der Waals surface area (Å²) in [7, 11) is -6.95. The van der Waals surface area contributed by atoms with Crippen molar-refractivity contribution in [3.8, 4) is 0 Å². The Balaban J connectivity index is 0.000000181. The van der Waals surface area contributed by atoms with Crippen LogP contribution in [0.5, 0.6) is 0 Å². The Bertz CT molecular complexity index is 2650. The van der Waals surface area contributed by atoms with E-state index >= 15 is 0 Å². The van der Waals surface area contributed by atoms with Gasteiger partial charge >= 0.3 is 0 Å². The van der Waals surface area contributed by atoms with Gasteiger partial charge in [-0.15, -0.1) is 22.7 Å². The lowest BCUT2D eigenvalue weighted by atomic mass is 9.99. The van der Waals surface area contributed by atoms with E-state index in [1.165, 1.54) is 33.4 Å². The predicted octanol–water partition coefficient (Wildman–Crippen LogP) is 9.25. The van der Waals surface area contributed by atoms with Crippen molar-refractivity contribution < 1.29 is 16.8 Å². The minimum Gasteiger partial charge on any atom is -0.345 e. The second-order valence-electron chi connectivity index (χ2n) is 15.0. The van der Waals surface area contributed by atoms with Crippen LogP contribution in [0.3, 0.4) is 0 Å². The van der Waals surface area contributed by atoms with E-state index in [0.29, 0.717) is 62.1 Å². The Kier molecular flexibility index (Phi) is 14.3. The Morgan fingerprint density at radius 1 is 0.550 bits per heavy atom. The average Bonchev–Trinajstić information content (AvgIpc) is 3.92. The summed E-state index contributed by atoms with van der Waals surface area (Å²) in [5.74, 6) is 0. The molecule has 60 heavy (non-hydrogen) atoms. The van der Waals surface area contributed by atoms with Gasteiger partial charge in [-0.3, -0.25) is 0 Å². The first-order valence-corrected chi connectivity index (χ1v) is 25.9. The van der Waals surface area contributed by atoms with E-state index in [1.807, 2.05) is 12.1 Å². The summed E-state index contributed by atoms with van der Waals surface area (Å²) in [5, 5.41) is 6.17. The molecule has 4 heterocycles. The van der Waals surface area contributed by atoms with Crippen molar-refractivity contribution in [3.63, 3.8) is 0 Å². The minimum atomic E-state index is -3.48. The van der Waals surface area contributed by atoms with Crippen LogP contribution in [0.25, 0.3) is 0 Å². The number of sulfonamides is 2. The third-order valence-corrected chi connectivity index (χ3v) is 17.7. The Labute approximate surface area is 379 Å². The zero-order chi connectivity index (χ0) is 42.6. The lowest BCUT2D eigenvalue weighted by molar-refractivity contribution is 0.384. The van der Waals surface area contributed by atoms with Crippen LogP contribution >= 0.6 is 54.5 Å². The first kappa shape index (κ1) is 44.6. The van der Waals surface area contributed by atoms with Crippen molar-refractivity contribution in [1.29, 1.82) is 0 Å². The molecule has 316 valence electrons. The second-order valence-corrected chi connectivity index (χ2v) is 22.4. The zero-order valence-corrected chi connectivity index (χ0v) is 40.5. The number of rotatable bonds is 10. The summed E-state index contributed by atoms with van der Waals surface area (Å²) in [6.07, 6.45) is 1.65. The van der Waals surface area contributed by atoms with Crippen LogP contribution in [0.15, 0.2) is 114 Å². The lowest BCUT2D eigenvalue weighted by Gasteiger charge is -2.33. The molecule has 8 rings (SSSR count). The van der Waals surface area contributed by atoms with E-state index in [1.54, 1.807) is 67.7 Å². The number of aromatic nitrogens is 2. The molecular formula is C44H48Br2N6O4S4. The van der Waals surface area contributed by atoms with Crippen LogP contribution in [-0.4, -0.2) is 87.8 Å². The van der Waals surface area contributed by atoms with Crippen molar-refractivity contribution in [2.75, 3.05) is 62.2 Å². The molecule has 16 heteroatoms. The molecule has 0 N–H and O–H groups in total. The normalized spacial score (nSPS) is 15.5. The SMILES string of the molecule is Cc1cccc(C)c1Cc1csc(N2CCN(S(=O)(=O)c3cccc(Br)c3)CC2)n1.Cc1cccc(Cc2csc(N3CCN(S(=O)(=O)c4cccc(Br)c4)CC3)n2)c1C. The molecule has 0 atom stereocenters. The van der Waals surface area contributed by atoms with Crippen LogP contribution in [0.1, 0.15) is 44.8 Å². The molecule has 0 saturated carbocycles. The number of halogens is 2. The Morgan fingerprint density at radius 3 is 1.43 bits per heavy atom. The average molecular weight is 1010 g/mol. The van der Waals surface area contributed by atoms with Gasteiger partial charge in [-0.05, 0) is 97.5 Å². The van der Waals surface area contributed by atoms with Crippen LogP contribution in [0.2, 0.25) is 0 Å². The van der Waals surface area contributed by atoms with Gasteiger partial charge in [0.15, 0.2) is 10.3 Å². The minimum absolute atomic E-state index is 0.329. The van der Waals surface area contributed by atoms with Gasteiger partial charge in [-0.25, -0.2) is 26.8 Å². The number of hydrogen-bond acceptors (Lipinski definition) is 10. The highest BCUT2D eigenvalue weighted by atomic mass is 79.9. The van der Waals surface area contributed by atoms with Crippen molar-refractivity contribution in [3.05, 3.63) is 149 Å². The molecule has 0 radical (unpaired) electrons. The quantitative estimate of drug-likeness (QED) is 0.134. The number of benzene rings is 4. The van der Waals surface area contributed by atoms with Gasteiger partial charge in [0.2, 0.25) is 20.0 Å². The summed E-state index contributed by atoms with van der Waals surface area (Å²) < 4.78 is 56.4. The molecule has 2 aromatic heterocycles. The number of hydrogen-bond donors (Lipinski definition) is 0. The first-order chi connectivity index (χ1) is 28.7. The molecule has 0 aliphatic carbocycles. The highest BCUT2D eigenvalue weighted by Crippen LogP contribution is 2.29. The van der Waals surface area contributed by atoms with Crippen molar-refractivity contribution in [2.45, 2.75) is 50.3 Å². The first-order valence-electron chi connectivity index (χ1n) is 19.7. The number of piperazine rings is 2. The van der Waals surface area contributed by atoms with Gasteiger partial charge in [-0.2, -0.15) is 8.61 Å². The molecular weight excluding hydrogens is 965 g/mol. The van der Waals surface area contributed by atoms with Gasteiger partial charge in [0.25, 0.3) is 0 Å².